The summed E-state index contributed by atoms with van der Waals surface area (Å²) in [4.78, 5) is 0. The quantitative estimate of drug-likeness (QED) is 0.870. The van der Waals surface area contributed by atoms with Gasteiger partial charge < -0.3 is 14.8 Å². The maximum absolute atomic E-state index is 5.96. The zero-order valence-electron chi connectivity index (χ0n) is 11.3. The number of hydrogen-bond donors (Lipinski definition) is 1. The molecule has 0 bridgehead atoms. The topological polar surface area (TPSA) is 30.5 Å². The highest BCUT2D eigenvalue weighted by Gasteiger charge is 2.26. The van der Waals surface area contributed by atoms with E-state index in [9.17, 15) is 0 Å². The average Bonchev–Trinajstić information content (AvgIpc) is 2.41. The van der Waals surface area contributed by atoms with Crippen molar-refractivity contribution in [2.24, 2.45) is 5.92 Å². The average molecular weight is 249 g/mol. The molecule has 1 saturated heterocycles. The van der Waals surface area contributed by atoms with Crippen molar-refractivity contribution in [1.29, 1.82) is 0 Å². The van der Waals surface area contributed by atoms with E-state index in [1.807, 2.05) is 7.05 Å². The lowest BCUT2D eigenvalue weighted by Gasteiger charge is -2.32. The molecule has 2 unspecified atom stereocenters. The Hall–Kier alpha value is -0.900. The molecule has 1 aliphatic heterocycles. The molecule has 1 aromatic rings. The van der Waals surface area contributed by atoms with Gasteiger partial charge in [-0.2, -0.15) is 0 Å². The minimum absolute atomic E-state index is 0.239. The van der Waals surface area contributed by atoms with Crippen LogP contribution in [0.2, 0.25) is 0 Å². The second kappa shape index (κ2) is 6.88. The van der Waals surface area contributed by atoms with Gasteiger partial charge >= 0.3 is 0 Å². The first-order chi connectivity index (χ1) is 8.85. The Labute approximate surface area is 109 Å². The van der Waals surface area contributed by atoms with Crippen LogP contribution < -0.4 is 5.32 Å². The van der Waals surface area contributed by atoms with E-state index in [4.69, 9.17) is 9.47 Å². The van der Waals surface area contributed by atoms with E-state index >= 15 is 0 Å². The van der Waals surface area contributed by atoms with Crippen molar-refractivity contribution >= 4 is 0 Å². The van der Waals surface area contributed by atoms with Crippen LogP contribution in [0.15, 0.2) is 24.3 Å². The zero-order chi connectivity index (χ0) is 12.8. The van der Waals surface area contributed by atoms with Crippen molar-refractivity contribution in [1.82, 2.24) is 5.32 Å². The third kappa shape index (κ3) is 3.31. The van der Waals surface area contributed by atoms with Crippen molar-refractivity contribution in [2.45, 2.75) is 25.6 Å². The van der Waals surface area contributed by atoms with Crippen LogP contribution in [0, 0.1) is 5.92 Å². The van der Waals surface area contributed by atoms with Gasteiger partial charge in [-0.15, -0.1) is 0 Å². The number of methoxy groups -OCH3 is 1. The normalized spacial score (nSPS) is 24.1. The SMILES string of the molecule is CNCC1CCCOC1c1ccc(COC)cc1. The summed E-state index contributed by atoms with van der Waals surface area (Å²) in [5.41, 5.74) is 2.50. The number of nitrogens with one attached hydrogen (secondary N) is 1. The lowest BCUT2D eigenvalue weighted by Crippen LogP contribution is -2.30. The van der Waals surface area contributed by atoms with E-state index in [2.05, 4.69) is 29.6 Å². The van der Waals surface area contributed by atoms with Gasteiger partial charge in [0, 0.05) is 26.2 Å². The van der Waals surface area contributed by atoms with Gasteiger partial charge in [0.25, 0.3) is 0 Å². The summed E-state index contributed by atoms with van der Waals surface area (Å²) in [7, 11) is 3.73. The second-order valence-corrected chi connectivity index (χ2v) is 4.93. The first kappa shape index (κ1) is 13.5. The molecule has 0 aliphatic carbocycles. The second-order valence-electron chi connectivity index (χ2n) is 4.93. The lowest BCUT2D eigenvalue weighted by molar-refractivity contribution is -0.0272. The van der Waals surface area contributed by atoms with E-state index in [0.29, 0.717) is 12.5 Å². The van der Waals surface area contributed by atoms with Gasteiger partial charge in [-0.1, -0.05) is 24.3 Å². The number of rotatable bonds is 5. The molecular formula is C15H23NO2. The Morgan fingerprint density at radius 3 is 2.78 bits per heavy atom. The molecule has 2 atom stereocenters. The summed E-state index contributed by atoms with van der Waals surface area (Å²) in [6, 6.07) is 8.61. The first-order valence-electron chi connectivity index (χ1n) is 6.69. The highest BCUT2D eigenvalue weighted by molar-refractivity contribution is 5.24. The highest BCUT2D eigenvalue weighted by atomic mass is 16.5. The van der Waals surface area contributed by atoms with E-state index in [-0.39, 0.29) is 6.10 Å². The van der Waals surface area contributed by atoms with Gasteiger partial charge in [-0.25, -0.2) is 0 Å². The van der Waals surface area contributed by atoms with E-state index in [1.54, 1.807) is 7.11 Å². The Bertz CT molecular complexity index is 348. The minimum Gasteiger partial charge on any atom is -0.380 e. The maximum Gasteiger partial charge on any atom is 0.0865 e. The summed E-state index contributed by atoms with van der Waals surface area (Å²) in [5, 5.41) is 3.27. The van der Waals surface area contributed by atoms with Gasteiger partial charge in [0.2, 0.25) is 0 Å². The molecule has 1 N–H and O–H groups in total. The summed E-state index contributed by atoms with van der Waals surface area (Å²) in [6.07, 6.45) is 2.65. The molecule has 3 heteroatoms. The molecule has 2 rings (SSSR count). The van der Waals surface area contributed by atoms with Crippen molar-refractivity contribution in [3.05, 3.63) is 35.4 Å². The van der Waals surface area contributed by atoms with Gasteiger partial charge in [-0.05, 0) is 31.0 Å². The van der Waals surface area contributed by atoms with Crippen LogP contribution in [0.4, 0.5) is 0 Å². The van der Waals surface area contributed by atoms with Gasteiger partial charge in [0.05, 0.1) is 12.7 Å². The molecule has 0 radical (unpaired) electrons. The number of ether oxygens (including phenoxy) is 2. The van der Waals surface area contributed by atoms with E-state index in [0.717, 1.165) is 13.2 Å². The van der Waals surface area contributed by atoms with Crippen molar-refractivity contribution in [3.8, 4) is 0 Å². The van der Waals surface area contributed by atoms with Crippen LogP contribution in [0.1, 0.15) is 30.1 Å². The maximum atomic E-state index is 5.96. The molecule has 1 aliphatic rings. The van der Waals surface area contributed by atoms with E-state index < -0.39 is 0 Å². The van der Waals surface area contributed by atoms with Crippen LogP contribution in [-0.4, -0.2) is 27.3 Å². The molecule has 0 amide bonds. The monoisotopic (exact) mass is 249 g/mol. The van der Waals surface area contributed by atoms with Crippen molar-refractivity contribution in [3.63, 3.8) is 0 Å². The predicted molar refractivity (Wildman–Crippen MR) is 72.5 cm³/mol. The first-order valence-corrected chi connectivity index (χ1v) is 6.69. The molecule has 1 aromatic carbocycles. The summed E-state index contributed by atoms with van der Waals surface area (Å²) < 4.78 is 11.1. The molecule has 0 saturated carbocycles. The van der Waals surface area contributed by atoms with Crippen LogP contribution in [0.3, 0.4) is 0 Å². The standard InChI is InChI=1S/C15H23NO2/c1-16-10-14-4-3-9-18-15(14)13-7-5-12(6-8-13)11-17-2/h5-8,14-16H,3-4,9-11H2,1-2H3. The van der Waals surface area contributed by atoms with Crippen molar-refractivity contribution < 1.29 is 9.47 Å². The fraction of sp³-hybridized carbons (Fsp3) is 0.600. The Morgan fingerprint density at radius 1 is 1.33 bits per heavy atom. The molecular weight excluding hydrogens is 226 g/mol. The molecule has 0 spiro atoms. The molecule has 100 valence electrons. The van der Waals surface area contributed by atoms with E-state index in [1.165, 1.54) is 24.0 Å². The third-order valence-corrected chi connectivity index (χ3v) is 3.53. The van der Waals surface area contributed by atoms with Gasteiger partial charge in [0.1, 0.15) is 0 Å². The molecule has 1 fully saturated rings. The Kier molecular flexibility index (Phi) is 5.17. The molecule has 1 heterocycles. The minimum atomic E-state index is 0.239. The third-order valence-electron chi connectivity index (χ3n) is 3.53. The number of hydrogen-bond acceptors (Lipinski definition) is 3. The fourth-order valence-electron chi connectivity index (χ4n) is 2.65. The number of benzene rings is 1. The predicted octanol–water partition coefficient (Wildman–Crippen LogP) is 2.52. The van der Waals surface area contributed by atoms with Crippen molar-refractivity contribution in [2.75, 3.05) is 27.3 Å². The summed E-state index contributed by atoms with van der Waals surface area (Å²) in [5.74, 6) is 0.581. The fourth-order valence-corrected chi connectivity index (χ4v) is 2.65. The molecule has 18 heavy (non-hydrogen) atoms. The summed E-state index contributed by atoms with van der Waals surface area (Å²) >= 11 is 0. The summed E-state index contributed by atoms with van der Waals surface area (Å²) in [6.45, 7) is 2.57. The largest absolute Gasteiger partial charge is 0.380 e. The van der Waals surface area contributed by atoms with Crippen LogP contribution >= 0.6 is 0 Å². The molecule has 3 nitrogen and oxygen atoms in total. The lowest BCUT2D eigenvalue weighted by atomic mass is 9.89. The van der Waals surface area contributed by atoms with Gasteiger partial charge in [0.15, 0.2) is 0 Å². The Balaban J connectivity index is 2.07. The highest BCUT2D eigenvalue weighted by Crippen LogP contribution is 2.33. The van der Waals surface area contributed by atoms with Crippen LogP contribution in [0.5, 0.6) is 0 Å². The zero-order valence-corrected chi connectivity index (χ0v) is 11.3. The van der Waals surface area contributed by atoms with Crippen LogP contribution in [-0.2, 0) is 16.1 Å². The molecule has 0 aromatic heterocycles. The van der Waals surface area contributed by atoms with Crippen LogP contribution in [0.25, 0.3) is 0 Å². The Morgan fingerprint density at radius 2 is 2.11 bits per heavy atom. The smallest absolute Gasteiger partial charge is 0.0865 e. The van der Waals surface area contributed by atoms with Gasteiger partial charge in [-0.3, -0.25) is 0 Å².